The second-order valence-electron chi connectivity index (χ2n) is 6.85. The number of hydrogen-bond acceptors (Lipinski definition) is 4. The van der Waals surface area contributed by atoms with Crippen LogP contribution in [-0.4, -0.2) is 11.9 Å². The minimum Gasteiger partial charge on any atom is -0.453 e. The van der Waals surface area contributed by atoms with E-state index in [1.807, 2.05) is 60.7 Å². The molecule has 0 unspecified atom stereocenters. The van der Waals surface area contributed by atoms with E-state index >= 15 is 0 Å². The monoisotopic (exact) mass is 354 g/mol. The van der Waals surface area contributed by atoms with Crippen molar-refractivity contribution in [3.63, 3.8) is 0 Å². The van der Waals surface area contributed by atoms with E-state index in [0.717, 1.165) is 11.1 Å². The molecule has 0 spiro atoms. The maximum Gasteiger partial charge on any atom is 0.309 e. The summed E-state index contributed by atoms with van der Waals surface area (Å²) >= 11 is 0. The van der Waals surface area contributed by atoms with E-state index < -0.39 is 12.2 Å². The summed E-state index contributed by atoms with van der Waals surface area (Å²) in [5.74, 6) is -1.22. The Morgan fingerprint density at radius 2 is 0.923 bits per heavy atom. The summed E-state index contributed by atoms with van der Waals surface area (Å²) in [5, 5.41) is 0. The van der Waals surface area contributed by atoms with Gasteiger partial charge < -0.3 is 9.47 Å². The highest BCUT2D eigenvalue weighted by molar-refractivity contribution is 5.73. The van der Waals surface area contributed by atoms with Gasteiger partial charge in [0.2, 0.25) is 0 Å². The van der Waals surface area contributed by atoms with Crippen LogP contribution < -0.4 is 0 Å². The first-order chi connectivity index (χ1) is 12.4. The zero-order valence-corrected chi connectivity index (χ0v) is 15.7. The standard InChI is InChI=1S/C22H26O4/c1-15(2)21(23)25-19(17-11-7-5-8-12-17)20(26-22(24)16(3)4)18-13-9-6-10-14-18/h5-16,19-20H,1-4H3/t19-,20+. The Hall–Kier alpha value is -2.62. The van der Waals surface area contributed by atoms with Crippen molar-refractivity contribution in [3.05, 3.63) is 71.8 Å². The van der Waals surface area contributed by atoms with Crippen molar-refractivity contribution < 1.29 is 19.1 Å². The number of ether oxygens (including phenoxy) is 2. The molecule has 2 atom stereocenters. The number of carbonyl (C=O) groups excluding carboxylic acids is 2. The summed E-state index contributed by atoms with van der Waals surface area (Å²) in [6.45, 7) is 7.12. The second-order valence-corrected chi connectivity index (χ2v) is 6.85. The molecular weight excluding hydrogens is 328 g/mol. The smallest absolute Gasteiger partial charge is 0.309 e. The highest BCUT2D eigenvalue weighted by Crippen LogP contribution is 2.36. The topological polar surface area (TPSA) is 52.6 Å². The zero-order chi connectivity index (χ0) is 19.1. The first-order valence-corrected chi connectivity index (χ1v) is 8.91. The molecule has 0 saturated heterocycles. The van der Waals surface area contributed by atoms with E-state index in [2.05, 4.69) is 0 Å². The van der Waals surface area contributed by atoms with Gasteiger partial charge in [-0.15, -0.1) is 0 Å². The lowest BCUT2D eigenvalue weighted by Crippen LogP contribution is -2.26. The van der Waals surface area contributed by atoms with Crippen molar-refractivity contribution in [3.8, 4) is 0 Å². The van der Waals surface area contributed by atoms with Gasteiger partial charge in [-0.05, 0) is 11.1 Å². The van der Waals surface area contributed by atoms with Gasteiger partial charge in [0.05, 0.1) is 11.8 Å². The molecule has 26 heavy (non-hydrogen) atoms. The molecule has 0 aromatic heterocycles. The number of benzene rings is 2. The summed E-state index contributed by atoms with van der Waals surface area (Å²) in [6, 6.07) is 18.8. The molecule has 4 nitrogen and oxygen atoms in total. The molecule has 0 saturated carbocycles. The molecule has 0 aliphatic carbocycles. The zero-order valence-electron chi connectivity index (χ0n) is 15.7. The molecule has 0 N–H and O–H groups in total. The third-order valence-corrected chi connectivity index (χ3v) is 3.96. The number of hydrogen-bond donors (Lipinski definition) is 0. The van der Waals surface area contributed by atoms with E-state index in [0.29, 0.717) is 0 Å². The van der Waals surface area contributed by atoms with Gasteiger partial charge >= 0.3 is 11.9 Å². The molecule has 2 aromatic carbocycles. The third kappa shape index (κ3) is 5.19. The summed E-state index contributed by atoms with van der Waals surface area (Å²) in [6.07, 6.45) is -1.42. The number of carbonyl (C=O) groups is 2. The molecule has 0 aliphatic heterocycles. The Bertz CT molecular complexity index is 644. The van der Waals surface area contributed by atoms with Gasteiger partial charge in [-0.3, -0.25) is 9.59 Å². The van der Waals surface area contributed by atoms with E-state index in [1.165, 1.54) is 0 Å². The van der Waals surface area contributed by atoms with Crippen LogP contribution in [0.15, 0.2) is 60.7 Å². The fourth-order valence-electron chi connectivity index (χ4n) is 2.42. The number of esters is 2. The molecule has 0 fully saturated rings. The molecular formula is C22H26O4. The van der Waals surface area contributed by atoms with Crippen LogP contribution in [-0.2, 0) is 19.1 Å². The number of rotatable bonds is 7. The minimum atomic E-state index is -0.712. The van der Waals surface area contributed by atoms with Gasteiger partial charge in [0, 0.05) is 0 Å². The third-order valence-electron chi connectivity index (χ3n) is 3.96. The highest BCUT2D eigenvalue weighted by Gasteiger charge is 2.33. The Kier molecular flexibility index (Phi) is 6.96. The first-order valence-electron chi connectivity index (χ1n) is 8.91. The van der Waals surface area contributed by atoms with Crippen molar-refractivity contribution in [1.29, 1.82) is 0 Å². The Balaban J connectivity index is 2.46. The van der Waals surface area contributed by atoms with Gasteiger partial charge in [-0.2, -0.15) is 0 Å². The van der Waals surface area contributed by atoms with Crippen LogP contribution in [0.4, 0.5) is 0 Å². The van der Waals surface area contributed by atoms with Gasteiger partial charge in [-0.25, -0.2) is 0 Å². The Morgan fingerprint density at radius 1 is 0.615 bits per heavy atom. The van der Waals surface area contributed by atoms with Crippen LogP contribution in [0.5, 0.6) is 0 Å². The summed E-state index contributed by atoms with van der Waals surface area (Å²) in [5.41, 5.74) is 1.57. The molecule has 0 heterocycles. The van der Waals surface area contributed by atoms with Gasteiger partial charge in [0.15, 0.2) is 12.2 Å². The molecule has 138 valence electrons. The molecule has 0 amide bonds. The molecule has 0 bridgehead atoms. The minimum absolute atomic E-state index is 0.279. The fourth-order valence-corrected chi connectivity index (χ4v) is 2.42. The van der Waals surface area contributed by atoms with Crippen LogP contribution in [0.2, 0.25) is 0 Å². The lowest BCUT2D eigenvalue weighted by atomic mass is 9.97. The van der Waals surface area contributed by atoms with Crippen molar-refractivity contribution in [2.24, 2.45) is 11.8 Å². The van der Waals surface area contributed by atoms with E-state index in [4.69, 9.17) is 9.47 Å². The van der Waals surface area contributed by atoms with E-state index in [1.54, 1.807) is 27.7 Å². The SMILES string of the molecule is CC(C)C(=O)O[C@H](c1ccccc1)[C@@H](OC(=O)C(C)C)c1ccccc1. The fraction of sp³-hybridized carbons (Fsp3) is 0.364. The van der Waals surface area contributed by atoms with Gasteiger partial charge in [0.25, 0.3) is 0 Å². The molecule has 0 radical (unpaired) electrons. The van der Waals surface area contributed by atoms with E-state index in [9.17, 15) is 9.59 Å². The second kappa shape index (κ2) is 9.18. The van der Waals surface area contributed by atoms with E-state index in [-0.39, 0.29) is 23.8 Å². The summed E-state index contributed by atoms with van der Waals surface area (Å²) in [4.78, 5) is 24.6. The highest BCUT2D eigenvalue weighted by atomic mass is 16.6. The lowest BCUT2D eigenvalue weighted by Gasteiger charge is -2.29. The summed E-state index contributed by atoms with van der Waals surface area (Å²) < 4.78 is 11.6. The van der Waals surface area contributed by atoms with Crippen molar-refractivity contribution >= 4 is 11.9 Å². The Morgan fingerprint density at radius 3 is 1.19 bits per heavy atom. The largest absolute Gasteiger partial charge is 0.453 e. The van der Waals surface area contributed by atoms with Crippen LogP contribution in [0.25, 0.3) is 0 Å². The summed E-state index contributed by atoms with van der Waals surface area (Å²) in [7, 11) is 0. The normalized spacial score (nSPS) is 13.3. The average Bonchev–Trinajstić information content (AvgIpc) is 2.65. The predicted octanol–water partition coefficient (Wildman–Crippen LogP) is 4.87. The molecule has 2 aromatic rings. The van der Waals surface area contributed by atoms with Crippen LogP contribution >= 0.6 is 0 Å². The average molecular weight is 354 g/mol. The maximum absolute atomic E-state index is 12.3. The van der Waals surface area contributed by atoms with Crippen molar-refractivity contribution in [1.82, 2.24) is 0 Å². The first kappa shape index (κ1) is 19.7. The van der Waals surface area contributed by atoms with Crippen molar-refractivity contribution in [2.75, 3.05) is 0 Å². The Labute approximate surface area is 155 Å². The molecule has 0 aliphatic rings. The lowest BCUT2D eigenvalue weighted by molar-refractivity contribution is -0.173. The maximum atomic E-state index is 12.3. The predicted molar refractivity (Wildman–Crippen MR) is 100 cm³/mol. The van der Waals surface area contributed by atoms with Gasteiger partial charge in [0.1, 0.15) is 0 Å². The van der Waals surface area contributed by atoms with Crippen LogP contribution in [0.3, 0.4) is 0 Å². The quantitative estimate of drug-likeness (QED) is 0.666. The molecule has 4 heteroatoms. The molecule has 2 rings (SSSR count). The van der Waals surface area contributed by atoms with Crippen LogP contribution in [0, 0.1) is 11.8 Å². The van der Waals surface area contributed by atoms with Gasteiger partial charge in [-0.1, -0.05) is 88.4 Å². The van der Waals surface area contributed by atoms with Crippen molar-refractivity contribution in [2.45, 2.75) is 39.9 Å². The van der Waals surface area contributed by atoms with Crippen LogP contribution in [0.1, 0.15) is 51.0 Å².